The molecule has 0 fully saturated rings. The van der Waals surface area contributed by atoms with E-state index in [-0.39, 0.29) is 5.91 Å². The molecule has 2 N–H and O–H groups in total. The molecule has 4 nitrogen and oxygen atoms in total. The minimum Gasteiger partial charge on any atom is -0.398 e. The number of rotatable bonds is 5. The van der Waals surface area contributed by atoms with E-state index >= 15 is 0 Å². The highest BCUT2D eigenvalue weighted by molar-refractivity contribution is 9.10. The number of halogens is 1. The smallest absolute Gasteiger partial charge is 0.256 e. The van der Waals surface area contributed by atoms with Gasteiger partial charge in [0.1, 0.15) is 0 Å². The van der Waals surface area contributed by atoms with Gasteiger partial charge in [-0.25, -0.2) is 0 Å². The molecule has 0 bridgehead atoms. The van der Waals surface area contributed by atoms with E-state index in [9.17, 15) is 4.79 Å². The fourth-order valence-electron chi connectivity index (χ4n) is 1.79. The summed E-state index contributed by atoms with van der Waals surface area (Å²) in [7, 11) is 0. The van der Waals surface area contributed by atoms with Crippen molar-refractivity contribution in [2.45, 2.75) is 20.3 Å². The van der Waals surface area contributed by atoms with Crippen molar-refractivity contribution in [1.29, 1.82) is 5.26 Å². The number of nitrogens with two attached hydrogens (primary N) is 1. The van der Waals surface area contributed by atoms with Crippen molar-refractivity contribution < 1.29 is 4.79 Å². The van der Waals surface area contributed by atoms with Crippen LogP contribution in [0.15, 0.2) is 22.7 Å². The number of hydrogen-bond donors (Lipinski definition) is 1. The molecule has 0 radical (unpaired) electrons. The zero-order valence-electron chi connectivity index (χ0n) is 11.2. The number of anilines is 1. The fraction of sp³-hybridized carbons (Fsp3) is 0.429. The van der Waals surface area contributed by atoms with E-state index < -0.39 is 0 Å². The van der Waals surface area contributed by atoms with E-state index in [0.717, 1.165) is 4.47 Å². The Balaban J connectivity index is 2.97. The van der Waals surface area contributed by atoms with Gasteiger partial charge in [0.2, 0.25) is 0 Å². The van der Waals surface area contributed by atoms with Crippen LogP contribution in [0.1, 0.15) is 30.6 Å². The molecule has 0 aliphatic heterocycles. The summed E-state index contributed by atoms with van der Waals surface area (Å²) in [6.45, 7) is 5.12. The van der Waals surface area contributed by atoms with Crippen LogP contribution in [0.2, 0.25) is 0 Å². The predicted molar refractivity (Wildman–Crippen MR) is 79.5 cm³/mol. The maximum Gasteiger partial charge on any atom is 0.256 e. The van der Waals surface area contributed by atoms with Crippen molar-refractivity contribution in [3.05, 3.63) is 28.2 Å². The lowest BCUT2D eigenvalue weighted by molar-refractivity contribution is 0.0741. The molecule has 19 heavy (non-hydrogen) atoms. The standard InChI is InChI=1S/C14H18BrN3O/c1-10(2)9-18(7-3-6-16)14(19)12-8-11(15)4-5-13(12)17/h4-5,8,10H,3,7,9,17H2,1-2H3. The average molecular weight is 324 g/mol. The number of carbonyl (C=O) groups is 1. The Morgan fingerprint density at radius 1 is 1.53 bits per heavy atom. The van der Waals surface area contributed by atoms with Crippen molar-refractivity contribution in [1.82, 2.24) is 4.90 Å². The van der Waals surface area contributed by atoms with Crippen molar-refractivity contribution in [3.8, 4) is 6.07 Å². The van der Waals surface area contributed by atoms with E-state index in [2.05, 4.69) is 22.0 Å². The number of nitriles is 1. The summed E-state index contributed by atoms with van der Waals surface area (Å²) in [5, 5.41) is 8.68. The Bertz CT molecular complexity index is 494. The topological polar surface area (TPSA) is 70.1 Å². The summed E-state index contributed by atoms with van der Waals surface area (Å²) >= 11 is 3.34. The number of nitrogens with zero attached hydrogens (tertiary/aromatic N) is 2. The van der Waals surface area contributed by atoms with Gasteiger partial charge in [0.25, 0.3) is 5.91 Å². The third-order valence-corrected chi connectivity index (χ3v) is 3.11. The maximum atomic E-state index is 12.5. The second-order valence-electron chi connectivity index (χ2n) is 4.78. The molecule has 0 aromatic heterocycles. The molecule has 102 valence electrons. The highest BCUT2D eigenvalue weighted by atomic mass is 79.9. The average Bonchev–Trinajstić information content (AvgIpc) is 2.36. The van der Waals surface area contributed by atoms with Gasteiger partial charge >= 0.3 is 0 Å². The number of carbonyl (C=O) groups excluding carboxylic acids is 1. The minimum atomic E-state index is -0.122. The summed E-state index contributed by atoms with van der Waals surface area (Å²) in [5.41, 5.74) is 6.79. The first-order chi connectivity index (χ1) is 8.95. The molecule has 1 amide bonds. The molecular weight excluding hydrogens is 306 g/mol. The molecule has 1 aromatic rings. The van der Waals surface area contributed by atoms with E-state index in [1.807, 2.05) is 13.8 Å². The second kappa shape index (κ2) is 7.15. The Labute approximate surface area is 122 Å². The molecule has 0 heterocycles. The van der Waals surface area contributed by atoms with E-state index in [1.165, 1.54) is 0 Å². The van der Waals surface area contributed by atoms with Gasteiger partial charge in [-0.1, -0.05) is 29.8 Å². The van der Waals surface area contributed by atoms with Gasteiger partial charge in [0, 0.05) is 23.2 Å². The molecular formula is C14H18BrN3O. The van der Waals surface area contributed by atoms with E-state index in [0.29, 0.717) is 36.7 Å². The monoisotopic (exact) mass is 323 g/mol. The van der Waals surface area contributed by atoms with Gasteiger partial charge in [-0.15, -0.1) is 0 Å². The van der Waals surface area contributed by atoms with Gasteiger partial charge in [-0.3, -0.25) is 4.79 Å². The third kappa shape index (κ3) is 4.56. The first-order valence-electron chi connectivity index (χ1n) is 6.17. The normalized spacial score (nSPS) is 10.3. The number of nitrogen functional groups attached to an aromatic ring is 1. The molecule has 1 rings (SSSR count). The molecule has 0 aliphatic rings. The lowest BCUT2D eigenvalue weighted by Gasteiger charge is -2.24. The van der Waals surface area contributed by atoms with Crippen molar-refractivity contribution in [2.24, 2.45) is 5.92 Å². The third-order valence-electron chi connectivity index (χ3n) is 2.61. The largest absolute Gasteiger partial charge is 0.398 e. The molecule has 5 heteroatoms. The first-order valence-corrected chi connectivity index (χ1v) is 6.96. The Kier molecular flexibility index (Phi) is 5.84. The summed E-state index contributed by atoms with van der Waals surface area (Å²) in [4.78, 5) is 14.2. The first kappa shape index (κ1) is 15.5. The lowest BCUT2D eigenvalue weighted by atomic mass is 10.1. The Hall–Kier alpha value is -1.54. The molecule has 0 saturated carbocycles. The van der Waals surface area contributed by atoms with Gasteiger partial charge in [-0.2, -0.15) is 5.26 Å². The second-order valence-corrected chi connectivity index (χ2v) is 5.70. The SMILES string of the molecule is CC(C)CN(CCC#N)C(=O)c1cc(Br)ccc1N. The number of hydrogen-bond acceptors (Lipinski definition) is 3. The van der Waals surface area contributed by atoms with Crippen LogP contribution < -0.4 is 5.73 Å². The highest BCUT2D eigenvalue weighted by Gasteiger charge is 2.19. The summed E-state index contributed by atoms with van der Waals surface area (Å²) in [6.07, 6.45) is 0.326. The highest BCUT2D eigenvalue weighted by Crippen LogP contribution is 2.20. The van der Waals surface area contributed by atoms with Gasteiger partial charge < -0.3 is 10.6 Å². The quantitative estimate of drug-likeness (QED) is 0.846. The van der Waals surface area contributed by atoms with Crippen LogP contribution in [0.4, 0.5) is 5.69 Å². The molecule has 1 aromatic carbocycles. The van der Waals surface area contributed by atoms with Crippen LogP contribution >= 0.6 is 15.9 Å². The van der Waals surface area contributed by atoms with Crippen molar-refractivity contribution in [3.63, 3.8) is 0 Å². The zero-order valence-corrected chi connectivity index (χ0v) is 12.8. The van der Waals surface area contributed by atoms with Gasteiger partial charge in [0.15, 0.2) is 0 Å². The molecule has 0 spiro atoms. The molecule has 0 unspecified atom stereocenters. The summed E-state index contributed by atoms with van der Waals surface area (Å²) < 4.78 is 0.815. The molecule has 0 saturated heterocycles. The Morgan fingerprint density at radius 3 is 2.79 bits per heavy atom. The van der Waals surface area contributed by atoms with Gasteiger partial charge in [0.05, 0.1) is 18.1 Å². The molecule has 0 atom stereocenters. The van der Waals surface area contributed by atoms with E-state index in [4.69, 9.17) is 11.0 Å². The van der Waals surface area contributed by atoms with Crippen LogP contribution in [0.25, 0.3) is 0 Å². The number of benzene rings is 1. The van der Waals surface area contributed by atoms with Crippen LogP contribution in [-0.4, -0.2) is 23.9 Å². The minimum absolute atomic E-state index is 0.122. The Morgan fingerprint density at radius 2 is 2.21 bits per heavy atom. The summed E-state index contributed by atoms with van der Waals surface area (Å²) in [6, 6.07) is 7.29. The fourth-order valence-corrected chi connectivity index (χ4v) is 2.15. The van der Waals surface area contributed by atoms with Gasteiger partial charge in [-0.05, 0) is 24.1 Å². The predicted octanol–water partition coefficient (Wildman–Crippen LogP) is 3.04. The lowest BCUT2D eigenvalue weighted by Crippen LogP contribution is -2.35. The van der Waals surface area contributed by atoms with Crippen LogP contribution in [0, 0.1) is 17.2 Å². The summed E-state index contributed by atoms with van der Waals surface area (Å²) in [5.74, 6) is 0.221. The van der Waals surface area contributed by atoms with Crippen LogP contribution in [-0.2, 0) is 0 Å². The number of amides is 1. The van der Waals surface area contributed by atoms with Crippen LogP contribution in [0.5, 0.6) is 0 Å². The van der Waals surface area contributed by atoms with Crippen molar-refractivity contribution in [2.75, 3.05) is 18.8 Å². The molecule has 0 aliphatic carbocycles. The van der Waals surface area contributed by atoms with E-state index in [1.54, 1.807) is 23.1 Å². The maximum absolute atomic E-state index is 12.5. The van der Waals surface area contributed by atoms with Crippen molar-refractivity contribution >= 4 is 27.5 Å². The zero-order chi connectivity index (χ0) is 14.4. The van der Waals surface area contributed by atoms with Crippen LogP contribution in [0.3, 0.4) is 0 Å².